The number of aryl methyl sites for hydroxylation is 1. The highest BCUT2D eigenvalue weighted by Gasteiger charge is 2.26. The van der Waals surface area contributed by atoms with Crippen molar-refractivity contribution in [3.05, 3.63) is 60.0 Å². The van der Waals surface area contributed by atoms with Crippen LogP contribution in [-0.4, -0.2) is 61.5 Å². The van der Waals surface area contributed by atoms with E-state index in [2.05, 4.69) is 25.0 Å². The zero-order valence-electron chi connectivity index (χ0n) is 18.4. The van der Waals surface area contributed by atoms with Gasteiger partial charge in [-0.1, -0.05) is 25.1 Å². The molecule has 0 spiro atoms. The molecule has 1 fully saturated rings. The van der Waals surface area contributed by atoms with Crippen molar-refractivity contribution < 1.29 is 9.32 Å². The molecule has 1 aliphatic heterocycles. The normalized spacial score (nSPS) is 14.5. The van der Waals surface area contributed by atoms with Gasteiger partial charge in [-0.15, -0.1) is 0 Å². The number of pyridine rings is 2. The molecule has 4 aromatic rings. The van der Waals surface area contributed by atoms with Crippen LogP contribution in [0.1, 0.15) is 41.8 Å². The van der Waals surface area contributed by atoms with Gasteiger partial charge >= 0.3 is 0 Å². The van der Waals surface area contributed by atoms with Gasteiger partial charge in [-0.25, -0.2) is 9.97 Å². The van der Waals surface area contributed by atoms with Crippen molar-refractivity contribution in [1.29, 1.82) is 0 Å². The fraction of sp³-hybridized carbons (Fsp3) is 0.348. The third-order valence-corrected chi connectivity index (χ3v) is 5.74. The van der Waals surface area contributed by atoms with E-state index in [1.54, 1.807) is 6.20 Å². The Labute approximate surface area is 185 Å². The smallest absolute Gasteiger partial charge is 0.272 e. The molecule has 5 heterocycles. The minimum atomic E-state index is 0.0159. The van der Waals surface area contributed by atoms with Gasteiger partial charge in [-0.3, -0.25) is 9.20 Å². The molecule has 0 aromatic carbocycles. The summed E-state index contributed by atoms with van der Waals surface area (Å²) in [5.41, 5.74) is 3.00. The number of rotatable bonds is 4. The molecule has 0 radical (unpaired) electrons. The Morgan fingerprint density at radius 3 is 2.56 bits per heavy atom. The number of carbonyl (C=O) groups is 1. The van der Waals surface area contributed by atoms with E-state index >= 15 is 0 Å². The molecule has 0 atom stereocenters. The van der Waals surface area contributed by atoms with Crippen LogP contribution in [0.15, 0.2) is 47.2 Å². The standard InChI is InChI=1S/C23H25N7O2/c1-15(2)22-26-21(27-32-22)17-7-8-18(24-14-17)28-10-12-29(13-11-28)23(31)20-16(3)25-19-6-4-5-9-30(19)20/h4-9,14-15H,10-13H2,1-3H3. The number of fused-ring (bicyclic) bond motifs is 1. The van der Waals surface area contributed by atoms with Crippen molar-refractivity contribution in [2.45, 2.75) is 26.7 Å². The number of piperazine rings is 1. The molecule has 164 valence electrons. The number of imidazole rings is 1. The lowest BCUT2D eigenvalue weighted by Crippen LogP contribution is -2.49. The molecule has 0 unspecified atom stereocenters. The van der Waals surface area contributed by atoms with Gasteiger partial charge in [-0.2, -0.15) is 4.98 Å². The van der Waals surface area contributed by atoms with E-state index < -0.39 is 0 Å². The minimum absolute atomic E-state index is 0.0159. The quantitative estimate of drug-likeness (QED) is 0.490. The fourth-order valence-corrected chi connectivity index (χ4v) is 3.95. The number of hydrogen-bond acceptors (Lipinski definition) is 7. The molecule has 0 N–H and O–H groups in total. The molecule has 1 amide bonds. The Hall–Kier alpha value is -3.75. The maximum absolute atomic E-state index is 13.2. The Bertz CT molecular complexity index is 1250. The van der Waals surface area contributed by atoms with Crippen molar-refractivity contribution in [3.8, 4) is 11.4 Å². The highest BCUT2D eigenvalue weighted by Crippen LogP contribution is 2.22. The van der Waals surface area contributed by atoms with E-state index in [9.17, 15) is 4.79 Å². The Kier molecular flexibility index (Phi) is 5.08. The predicted molar refractivity (Wildman–Crippen MR) is 120 cm³/mol. The lowest BCUT2D eigenvalue weighted by Gasteiger charge is -2.35. The third kappa shape index (κ3) is 3.59. The first-order valence-corrected chi connectivity index (χ1v) is 10.8. The first kappa shape index (κ1) is 20.2. The highest BCUT2D eigenvalue weighted by molar-refractivity contribution is 5.94. The van der Waals surface area contributed by atoms with Crippen LogP contribution in [0.5, 0.6) is 0 Å². The van der Waals surface area contributed by atoms with Crippen LogP contribution in [0.3, 0.4) is 0 Å². The van der Waals surface area contributed by atoms with Gasteiger partial charge in [0.15, 0.2) is 0 Å². The summed E-state index contributed by atoms with van der Waals surface area (Å²) in [7, 11) is 0. The van der Waals surface area contributed by atoms with E-state index in [-0.39, 0.29) is 11.8 Å². The Morgan fingerprint density at radius 1 is 1.06 bits per heavy atom. The first-order chi connectivity index (χ1) is 15.5. The second-order valence-corrected chi connectivity index (χ2v) is 8.27. The van der Waals surface area contributed by atoms with E-state index in [1.807, 2.05) is 66.6 Å². The van der Waals surface area contributed by atoms with E-state index in [1.165, 1.54) is 0 Å². The summed E-state index contributed by atoms with van der Waals surface area (Å²) in [6.45, 7) is 8.60. The predicted octanol–water partition coefficient (Wildman–Crippen LogP) is 3.17. The van der Waals surface area contributed by atoms with Gasteiger partial charge in [0.2, 0.25) is 11.7 Å². The van der Waals surface area contributed by atoms with Crippen molar-refractivity contribution in [2.75, 3.05) is 31.1 Å². The van der Waals surface area contributed by atoms with E-state index in [0.29, 0.717) is 43.6 Å². The van der Waals surface area contributed by atoms with Crippen LogP contribution in [0.2, 0.25) is 0 Å². The summed E-state index contributed by atoms with van der Waals surface area (Å²) in [6.07, 6.45) is 3.65. The van der Waals surface area contributed by atoms with Gasteiger partial charge in [0.25, 0.3) is 5.91 Å². The van der Waals surface area contributed by atoms with Gasteiger partial charge in [0.05, 0.1) is 5.69 Å². The largest absolute Gasteiger partial charge is 0.353 e. The molecule has 4 aromatic heterocycles. The lowest BCUT2D eigenvalue weighted by molar-refractivity contribution is 0.0738. The van der Waals surface area contributed by atoms with Crippen LogP contribution < -0.4 is 4.90 Å². The number of carbonyl (C=O) groups excluding carboxylic acids is 1. The van der Waals surface area contributed by atoms with Crippen molar-refractivity contribution >= 4 is 17.4 Å². The second kappa shape index (κ2) is 8.07. The van der Waals surface area contributed by atoms with E-state index in [0.717, 1.165) is 22.7 Å². The zero-order chi connectivity index (χ0) is 22.2. The molecule has 0 bridgehead atoms. The Morgan fingerprint density at radius 2 is 1.88 bits per heavy atom. The molecular weight excluding hydrogens is 406 g/mol. The second-order valence-electron chi connectivity index (χ2n) is 8.27. The van der Waals surface area contributed by atoms with Gasteiger partial charge < -0.3 is 14.3 Å². The average molecular weight is 432 g/mol. The molecule has 9 nitrogen and oxygen atoms in total. The topological polar surface area (TPSA) is 92.7 Å². The van der Waals surface area contributed by atoms with Gasteiger partial charge in [-0.05, 0) is 31.2 Å². The summed E-state index contributed by atoms with van der Waals surface area (Å²) < 4.78 is 7.15. The van der Waals surface area contributed by atoms with Crippen LogP contribution in [-0.2, 0) is 0 Å². The van der Waals surface area contributed by atoms with Crippen LogP contribution in [0.4, 0.5) is 5.82 Å². The number of hydrogen-bond donors (Lipinski definition) is 0. The summed E-state index contributed by atoms with van der Waals surface area (Å²) in [4.78, 5) is 30.8. The van der Waals surface area contributed by atoms with Crippen molar-refractivity contribution in [3.63, 3.8) is 0 Å². The number of nitrogens with zero attached hydrogens (tertiary/aromatic N) is 7. The number of anilines is 1. The Balaban J connectivity index is 1.26. The number of amides is 1. The SMILES string of the molecule is Cc1nc2ccccn2c1C(=O)N1CCN(c2ccc(-c3noc(C(C)C)n3)cn2)CC1. The monoisotopic (exact) mass is 431 g/mol. The maximum atomic E-state index is 13.2. The molecular formula is C23H25N7O2. The molecule has 32 heavy (non-hydrogen) atoms. The zero-order valence-corrected chi connectivity index (χ0v) is 18.4. The third-order valence-electron chi connectivity index (χ3n) is 5.74. The van der Waals surface area contributed by atoms with Crippen LogP contribution in [0.25, 0.3) is 17.0 Å². The molecule has 9 heteroatoms. The number of aromatic nitrogens is 5. The minimum Gasteiger partial charge on any atom is -0.353 e. The van der Waals surface area contributed by atoms with Crippen LogP contribution in [0, 0.1) is 6.92 Å². The lowest BCUT2D eigenvalue weighted by atomic mass is 10.2. The first-order valence-electron chi connectivity index (χ1n) is 10.8. The molecule has 0 aliphatic carbocycles. The fourth-order valence-electron chi connectivity index (χ4n) is 3.95. The molecule has 5 rings (SSSR count). The van der Waals surface area contributed by atoms with Crippen molar-refractivity contribution in [2.24, 2.45) is 0 Å². The van der Waals surface area contributed by atoms with E-state index in [4.69, 9.17) is 4.52 Å². The molecule has 0 saturated carbocycles. The highest BCUT2D eigenvalue weighted by atomic mass is 16.5. The maximum Gasteiger partial charge on any atom is 0.272 e. The van der Waals surface area contributed by atoms with Crippen molar-refractivity contribution in [1.82, 2.24) is 29.4 Å². The summed E-state index contributed by atoms with van der Waals surface area (Å²) in [5, 5.41) is 4.04. The van der Waals surface area contributed by atoms with Gasteiger partial charge in [0.1, 0.15) is 17.2 Å². The molecule has 1 saturated heterocycles. The average Bonchev–Trinajstić information content (AvgIpc) is 3.43. The molecule has 1 aliphatic rings. The van der Waals surface area contributed by atoms with Crippen LogP contribution >= 0.6 is 0 Å². The summed E-state index contributed by atoms with van der Waals surface area (Å²) in [6, 6.07) is 9.67. The summed E-state index contributed by atoms with van der Waals surface area (Å²) >= 11 is 0. The summed E-state index contributed by atoms with van der Waals surface area (Å²) in [5.74, 6) is 2.24. The van der Waals surface area contributed by atoms with Gasteiger partial charge in [0, 0.05) is 50.1 Å².